The van der Waals surface area contributed by atoms with E-state index in [-0.39, 0.29) is 11.8 Å². The molecule has 2 N–H and O–H groups in total. The number of rotatable bonds is 3. The van der Waals surface area contributed by atoms with Gasteiger partial charge in [0, 0.05) is 19.6 Å². The van der Waals surface area contributed by atoms with Crippen LogP contribution in [0.3, 0.4) is 0 Å². The van der Waals surface area contributed by atoms with Crippen molar-refractivity contribution in [1.29, 1.82) is 0 Å². The minimum atomic E-state index is -0.872. The second kappa shape index (κ2) is 7.04. The van der Waals surface area contributed by atoms with E-state index < -0.39 is 12.0 Å². The van der Waals surface area contributed by atoms with Crippen molar-refractivity contribution >= 4 is 11.9 Å². The van der Waals surface area contributed by atoms with Gasteiger partial charge in [0.15, 0.2) is 0 Å². The predicted molar refractivity (Wildman–Crippen MR) is 75.5 cm³/mol. The molecule has 2 aliphatic heterocycles. The van der Waals surface area contributed by atoms with Gasteiger partial charge in [-0.1, -0.05) is 6.92 Å². The molecule has 2 rings (SSSR count). The van der Waals surface area contributed by atoms with Crippen LogP contribution in [0, 0.1) is 5.92 Å². The van der Waals surface area contributed by atoms with Gasteiger partial charge in [0.1, 0.15) is 6.04 Å². The number of piperidine rings is 1. The predicted octanol–water partition coefficient (Wildman–Crippen LogP) is -0.00660. The number of carboxylic acids is 1. The molecule has 0 aromatic rings. The zero-order valence-electron chi connectivity index (χ0n) is 12.2. The van der Waals surface area contributed by atoms with E-state index in [1.54, 1.807) is 4.90 Å². The van der Waals surface area contributed by atoms with Crippen molar-refractivity contribution in [1.82, 2.24) is 15.1 Å². The molecule has 0 spiro atoms. The zero-order valence-corrected chi connectivity index (χ0v) is 12.2. The quantitative estimate of drug-likeness (QED) is 0.762. The Morgan fingerprint density at radius 1 is 1.20 bits per heavy atom. The average molecular weight is 283 g/mol. The summed E-state index contributed by atoms with van der Waals surface area (Å²) in [5.41, 5.74) is 0. The van der Waals surface area contributed by atoms with Crippen molar-refractivity contribution in [2.75, 3.05) is 39.3 Å². The Balaban J connectivity index is 1.96. The summed E-state index contributed by atoms with van der Waals surface area (Å²) >= 11 is 0. The Kier molecular flexibility index (Phi) is 5.37. The van der Waals surface area contributed by atoms with E-state index in [0.29, 0.717) is 13.1 Å². The second-order valence-electron chi connectivity index (χ2n) is 5.87. The van der Waals surface area contributed by atoms with Gasteiger partial charge in [-0.15, -0.1) is 0 Å². The van der Waals surface area contributed by atoms with E-state index in [2.05, 4.69) is 10.2 Å². The molecule has 0 radical (unpaired) electrons. The molecule has 0 bridgehead atoms. The Morgan fingerprint density at radius 3 is 2.75 bits per heavy atom. The van der Waals surface area contributed by atoms with Gasteiger partial charge in [-0.3, -0.25) is 9.69 Å². The van der Waals surface area contributed by atoms with Crippen LogP contribution in [0.1, 0.15) is 26.2 Å². The van der Waals surface area contributed by atoms with Crippen LogP contribution in [0.5, 0.6) is 0 Å². The van der Waals surface area contributed by atoms with Gasteiger partial charge >= 0.3 is 5.97 Å². The van der Waals surface area contributed by atoms with Crippen LogP contribution >= 0.6 is 0 Å². The highest BCUT2D eigenvalue weighted by Crippen LogP contribution is 2.23. The number of aliphatic carboxylic acids is 1. The number of nitrogens with one attached hydrogen (secondary N) is 1. The molecule has 0 saturated carbocycles. The van der Waals surface area contributed by atoms with Gasteiger partial charge in [-0.05, 0) is 38.3 Å². The van der Waals surface area contributed by atoms with Crippen LogP contribution in [0.25, 0.3) is 0 Å². The van der Waals surface area contributed by atoms with Crippen molar-refractivity contribution in [2.24, 2.45) is 5.92 Å². The number of amides is 1. The second-order valence-corrected chi connectivity index (χ2v) is 5.87. The monoisotopic (exact) mass is 283 g/mol. The molecule has 1 amide bonds. The fourth-order valence-electron chi connectivity index (χ4n) is 3.19. The summed E-state index contributed by atoms with van der Waals surface area (Å²) < 4.78 is 0. The number of carbonyl (C=O) groups is 2. The van der Waals surface area contributed by atoms with E-state index in [1.807, 2.05) is 6.92 Å². The number of likely N-dealkylation sites (tertiary alicyclic amines) is 1. The summed E-state index contributed by atoms with van der Waals surface area (Å²) in [7, 11) is 0. The highest BCUT2D eigenvalue weighted by atomic mass is 16.4. The molecule has 0 aromatic heterocycles. The molecular weight excluding hydrogens is 258 g/mol. The van der Waals surface area contributed by atoms with E-state index in [9.17, 15) is 14.7 Å². The lowest BCUT2D eigenvalue weighted by molar-refractivity contribution is -0.155. The number of hydrogen-bond donors (Lipinski definition) is 2. The molecule has 2 atom stereocenters. The average Bonchev–Trinajstić information content (AvgIpc) is 2.66. The first-order valence-electron chi connectivity index (χ1n) is 7.55. The van der Waals surface area contributed by atoms with Crippen molar-refractivity contribution < 1.29 is 14.7 Å². The molecular formula is C14H25N3O3. The maximum Gasteiger partial charge on any atom is 0.326 e. The molecule has 2 saturated heterocycles. The highest BCUT2D eigenvalue weighted by molar-refractivity contribution is 5.85. The normalized spacial score (nSPS) is 28.9. The van der Waals surface area contributed by atoms with Crippen molar-refractivity contribution in [3.05, 3.63) is 0 Å². The van der Waals surface area contributed by atoms with Crippen LogP contribution < -0.4 is 5.32 Å². The summed E-state index contributed by atoms with van der Waals surface area (Å²) in [5, 5.41) is 12.7. The number of carboxylic acid groups (broad SMARTS) is 1. The minimum absolute atomic E-state index is 0.0362. The molecule has 2 fully saturated rings. The fraction of sp³-hybridized carbons (Fsp3) is 0.857. The number of hydrogen-bond acceptors (Lipinski definition) is 4. The Labute approximate surface area is 120 Å². The lowest BCUT2D eigenvalue weighted by Crippen LogP contribution is -2.54. The van der Waals surface area contributed by atoms with Gasteiger partial charge in [0.25, 0.3) is 0 Å². The molecule has 0 aromatic carbocycles. The van der Waals surface area contributed by atoms with Gasteiger partial charge in [-0.2, -0.15) is 0 Å². The van der Waals surface area contributed by atoms with Crippen molar-refractivity contribution in [3.8, 4) is 0 Å². The number of nitrogens with zero attached hydrogens (tertiary/aromatic N) is 2. The van der Waals surface area contributed by atoms with E-state index in [4.69, 9.17) is 0 Å². The Hall–Kier alpha value is -1.14. The zero-order chi connectivity index (χ0) is 14.5. The van der Waals surface area contributed by atoms with Gasteiger partial charge in [-0.25, -0.2) is 4.79 Å². The van der Waals surface area contributed by atoms with Gasteiger partial charge in [0.05, 0.1) is 6.54 Å². The molecule has 20 heavy (non-hydrogen) atoms. The standard InChI is InChI=1S/C14H25N3O3/c1-11-4-2-8-17(13(11)14(19)20)12(18)10-16-7-3-5-15-6-9-16/h11,13,15H,2-10H2,1H3,(H,19,20). The number of carbonyl (C=O) groups excluding carboxylic acids is 1. The van der Waals surface area contributed by atoms with Gasteiger partial charge in [0.2, 0.25) is 5.91 Å². The third-order valence-corrected chi connectivity index (χ3v) is 4.30. The smallest absolute Gasteiger partial charge is 0.326 e. The molecule has 2 unspecified atom stereocenters. The third-order valence-electron chi connectivity index (χ3n) is 4.30. The lowest BCUT2D eigenvalue weighted by Gasteiger charge is -2.38. The van der Waals surface area contributed by atoms with Crippen LogP contribution in [-0.4, -0.2) is 72.1 Å². The Morgan fingerprint density at radius 2 is 2.00 bits per heavy atom. The lowest BCUT2D eigenvalue weighted by atomic mass is 9.90. The fourth-order valence-corrected chi connectivity index (χ4v) is 3.19. The first-order valence-corrected chi connectivity index (χ1v) is 7.55. The van der Waals surface area contributed by atoms with E-state index in [0.717, 1.165) is 45.4 Å². The first-order chi connectivity index (χ1) is 9.59. The summed E-state index contributed by atoms with van der Waals surface area (Å²) in [6, 6.07) is -0.652. The van der Waals surface area contributed by atoms with Gasteiger partial charge < -0.3 is 15.3 Å². The summed E-state index contributed by atoms with van der Waals surface area (Å²) in [5.74, 6) is -0.870. The molecule has 0 aliphatic carbocycles. The minimum Gasteiger partial charge on any atom is -0.480 e. The topological polar surface area (TPSA) is 72.9 Å². The molecule has 2 heterocycles. The summed E-state index contributed by atoms with van der Waals surface area (Å²) in [6.45, 7) is 6.49. The molecule has 6 nitrogen and oxygen atoms in total. The maximum absolute atomic E-state index is 12.4. The SMILES string of the molecule is CC1CCCN(C(=O)CN2CCCNCC2)C1C(=O)O. The summed E-state index contributed by atoms with van der Waals surface area (Å²) in [4.78, 5) is 27.6. The summed E-state index contributed by atoms with van der Waals surface area (Å²) in [6.07, 6.45) is 2.82. The van der Waals surface area contributed by atoms with Crippen molar-refractivity contribution in [3.63, 3.8) is 0 Å². The van der Waals surface area contributed by atoms with E-state index in [1.165, 1.54) is 0 Å². The van der Waals surface area contributed by atoms with Crippen LogP contribution in [0.15, 0.2) is 0 Å². The maximum atomic E-state index is 12.4. The van der Waals surface area contributed by atoms with Crippen molar-refractivity contribution in [2.45, 2.75) is 32.2 Å². The largest absolute Gasteiger partial charge is 0.480 e. The van der Waals surface area contributed by atoms with Crippen LogP contribution in [0.2, 0.25) is 0 Å². The third kappa shape index (κ3) is 3.70. The first kappa shape index (κ1) is 15.3. The molecule has 6 heteroatoms. The Bertz CT molecular complexity index is 354. The highest BCUT2D eigenvalue weighted by Gasteiger charge is 2.37. The van der Waals surface area contributed by atoms with Crippen LogP contribution in [-0.2, 0) is 9.59 Å². The van der Waals surface area contributed by atoms with E-state index >= 15 is 0 Å². The van der Waals surface area contributed by atoms with Crippen LogP contribution in [0.4, 0.5) is 0 Å². The molecule has 114 valence electrons. The molecule has 2 aliphatic rings.